The highest BCUT2D eigenvalue weighted by molar-refractivity contribution is 5.97. The van der Waals surface area contributed by atoms with E-state index in [1.807, 2.05) is 37.3 Å². The Hall–Kier alpha value is -3.08. The van der Waals surface area contributed by atoms with Gasteiger partial charge in [-0.15, -0.1) is 0 Å². The van der Waals surface area contributed by atoms with Crippen molar-refractivity contribution in [1.29, 1.82) is 0 Å². The van der Waals surface area contributed by atoms with Crippen molar-refractivity contribution in [2.75, 3.05) is 5.32 Å². The third-order valence-corrected chi connectivity index (χ3v) is 3.66. The van der Waals surface area contributed by atoms with Gasteiger partial charge in [-0.2, -0.15) is 0 Å². The Morgan fingerprint density at radius 3 is 2.58 bits per heavy atom. The van der Waals surface area contributed by atoms with Crippen molar-refractivity contribution < 1.29 is 14.0 Å². The van der Waals surface area contributed by atoms with Crippen LogP contribution in [-0.4, -0.2) is 11.8 Å². The lowest BCUT2D eigenvalue weighted by molar-refractivity contribution is -0.114. The summed E-state index contributed by atoms with van der Waals surface area (Å²) < 4.78 is 5.77. The zero-order valence-corrected chi connectivity index (χ0v) is 13.5. The number of furan rings is 1. The maximum absolute atomic E-state index is 12.4. The number of carbonyl (C=O) groups is 2. The highest BCUT2D eigenvalue weighted by Crippen LogP contribution is 2.24. The van der Waals surface area contributed by atoms with E-state index in [9.17, 15) is 9.59 Å². The minimum absolute atomic E-state index is 0.178. The molecule has 0 saturated heterocycles. The van der Waals surface area contributed by atoms with Gasteiger partial charge >= 0.3 is 0 Å². The molecule has 3 rings (SSSR count). The summed E-state index contributed by atoms with van der Waals surface area (Å²) in [5, 5.41) is 6.58. The molecular weight excluding hydrogens is 304 g/mol. The number of fused-ring (bicyclic) bond motifs is 1. The lowest BCUT2D eigenvalue weighted by Gasteiger charge is -2.12. The van der Waals surface area contributed by atoms with Crippen LogP contribution in [0.2, 0.25) is 0 Å². The number of carbonyl (C=O) groups excluding carboxylic acids is 2. The maximum Gasteiger partial charge on any atom is 0.251 e. The van der Waals surface area contributed by atoms with E-state index in [0.29, 0.717) is 17.0 Å². The number of benzene rings is 2. The number of rotatable bonds is 4. The first-order chi connectivity index (χ1) is 11.5. The van der Waals surface area contributed by atoms with E-state index in [1.54, 1.807) is 24.3 Å². The van der Waals surface area contributed by atoms with Crippen LogP contribution in [0.4, 0.5) is 5.69 Å². The first kappa shape index (κ1) is 15.8. The van der Waals surface area contributed by atoms with Crippen molar-refractivity contribution in [2.45, 2.75) is 19.9 Å². The van der Waals surface area contributed by atoms with E-state index in [0.717, 1.165) is 11.0 Å². The molecule has 2 aromatic carbocycles. The van der Waals surface area contributed by atoms with Crippen LogP contribution in [0.25, 0.3) is 11.0 Å². The monoisotopic (exact) mass is 322 g/mol. The summed E-state index contributed by atoms with van der Waals surface area (Å²) in [4.78, 5) is 23.5. The minimum atomic E-state index is -0.269. The second kappa shape index (κ2) is 6.58. The molecule has 0 spiro atoms. The summed E-state index contributed by atoms with van der Waals surface area (Å²) in [5.74, 6) is 0.293. The third-order valence-electron chi connectivity index (χ3n) is 3.66. The summed E-state index contributed by atoms with van der Waals surface area (Å²) in [6.07, 6.45) is 0. The summed E-state index contributed by atoms with van der Waals surface area (Å²) >= 11 is 0. The van der Waals surface area contributed by atoms with Gasteiger partial charge in [-0.3, -0.25) is 9.59 Å². The van der Waals surface area contributed by atoms with Crippen molar-refractivity contribution in [1.82, 2.24) is 5.32 Å². The molecule has 0 fully saturated rings. The topological polar surface area (TPSA) is 71.3 Å². The second-order valence-corrected chi connectivity index (χ2v) is 5.64. The van der Waals surface area contributed by atoms with E-state index in [2.05, 4.69) is 10.6 Å². The fourth-order valence-corrected chi connectivity index (χ4v) is 2.51. The van der Waals surface area contributed by atoms with Crippen LogP contribution in [0.1, 0.15) is 36.0 Å². The van der Waals surface area contributed by atoms with Gasteiger partial charge in [-0.05, 0) is 37.3 Å². The summed E-state index contributed by atoms with van der Waals surface area (Å²) in [6.45, 7) is 3.30. The van der Waals surface area contributed by atoms with Crippen molar-refractivity contribution >= 4 is 28.5 Å². The van der Waals surface area contributed by atoms with Crippen LogP contribution < -0.4 is 10.6 Å². The van der Waals surface area contributed by atoms with Crippen LogP contribution in [0.15, 0.2) is 59.0 Å². The molecular formula is C19H18N2O3. The fraction of sp³-hybridized carbons (Fsp3) is 0.158. The van der Waals surface area contributed by atoms with Crippen molar-refractivity contribution in [3.8, 4) is 0 Å². The molecule has 0 aliphatic carbocycles. The lowest BCUT2D eigenvalue weighted by atomic mass is 10.1. The molecule has 0 radical (unpaired) electrons. The van der Waals surface area contributed by atoms with Crippen LogP contribution >= 0.6 is 0 Å². The molecule has 0 bridgehead atoms. The van der Waals surface area contributed by atoms with Crippen molar-refractivity contribution in [3.63, 3.8) is 0 Å². The molecule has 0 saturated carbocycles. The van der Waals surface area contributed by atoms with Gasteiger partial charge in [0, 0.05) is 23.6 Å². The van der Waals surface area contributed by atoms with Gasteiger partial charge in [0.1, 0.15) is 11.3 Å². The Balaban J connectivity index is 1.75. The quantitative estimate of drug-likeness (QED) is 0.765. The third kappa shape index (κ3) is 3.46. The van der Waals surface area contributed by atoms with Crippen LogP contribution in [-0.2, 0) is 4.79 Å². The van der Waals surface area contributed by atoms with Crippen molar-refractivity contribution in [3.05, 3.63) is 65.9 Å². The Kier molecular flexibility index (Phi) is 4.33. The fourth-order valence-electron chi connectivity index (χ4n) is 2.51. The number of nitrogens with one attached hydrogen (secondary N) is 2. The van der Waals surface area contributed by atoms with Gasteiger partial charge in [0.25, 0.3) is 5.91 Å². The molecule has 1 heterocycles. The number of amides is 2. The largest absolute Gasteiger partial charge is 0.459 e. The van der Waals surface area contributed by atoms with Gasteiger partial charge in [-0.25, -0.2) is 0 Å². The zero-order valence-electron chi connectivity index (χ0n) is 13.5. The normalized spacial score (nSPS) is 11.9. The molecule has 5 heteroatoms. The predicted octanol–water partition coefficient (Wildman–Crippen LogP) is 3.88. The van der Waals surface area contributed by atoms with Crippen LogP contribution in [0.5, 0.6) is 0 Å². The molecule has 0 aliphatic rings. The Bertz CT molecular complexity index is 865. The van der Waals surface area contributed by atoms with Gasteiger partial charge < -0.3 is 15.1 Å². The molecule has 1 aromatic heterocycles. The average molecular weight is 322 g/mol. The van der Waals surface area contributed by atoms with Gasteiger partial charge in [-0.1, -0.05) is 24.3 Å². The molecule has 1 unspecified atom stereocenters. The van der Waals surface area contributed by atoms with E-state index >= 15 is 0 Å². The first-order valence-corrected chi connectivity index (χ1v) is 7.70. The minimum Gasteiger partial charge on any atom is -0.459 e. The first-order valence-electron chi connectivity index (χ1n) is 7.70. The number of anilines is 1. The Labute approximate surface area is 139 Å². The number of para-hydroxylation sites is 1. The molecule has 5 nitrogen and oxygen atoms in total. The van der Waals surface area contributed by atoms with Crippen LogP contribution in [0, 0.1) is 0 Å². The standard InChI is InChI=1S/C19H18N2O3/c1-12(18-11-14-6-3-4-9-17(14)24-18)20-19(23)15-7-5-8-16(10-15)21-13(2)22/h3-12H,1-2H3,(H,20,23)(H,21,22). The molecule has 2 amide bonds. The van der Waals surface area contributed by atoms with Gasteiger partial charge in [0.2, 0.25) is 5.91 Å². The van der Waals surface area contributed by atoms with Crippen molar-refractivity contribution in [2.24, 2.45) is 0 Å². The van der Waals surface area contributed by atoms with E-state index < -0.39 is 0 Å². The lowest BCUT2D eigenvalue weighted by Crippen LogP contribution is -2.26. The highest BCUT2D eigenvalue weighted by atomic mass is 16.3. The number of hydrogen-bond donors (Lipinski definition) is 2. The molecule has 0 aliphatic heterocycles. The SMILES string of the molecule is CC(=O)Nc1cccc(C(=O)NC(C)c2cc3ccccc3o2)c1. The Morgan fingerprint density at radius 1 is 1.04 bits per heavy atom. The molecule has 3 aromatic rings. The summed E-state index contributed by atoms with van der Waals surface area (Å²) in [7, 11) is 0. The van der Waals surface area contributed by atoms with Crippen LogP contribution in [0.3, 0.4) is 0 Å². The molecule has 24 heavy (non-hydrogen) atoms. The molecule has 2 N–H and O–H groups in total. The Morgan fingerprint density at radius 2 is 1.83 bits per heavy atom. The summed E-state index contributed by atoms with van der Waals surface area (Å²) in [5.41, 5.74) is 1.86. The van der Waals surface area contributed by atoms with Gasteiger partial charge in [0.05, 0.1) is 6.04 Å². The van der Waals surface area contributed by atoms with E-state index in [-0.39, 0.29) is 17.9 Å². The van der Waals surface area contributed by atoms with E-state index in [4.69, 9.17) is 4.42 Å². The molecule has 1 atom stereocenters. The van der Waals surface area contributed by atoms with E-state index in [1.165, 1.54) is 6.92 Å². The molecule has 122 valence electrons. The maximum atomic E-state index is 12.4. The summed E-state index contributed by atoms with van der Waals surface area (Å²) in [6, 6.07) is 16.2. The zero-order chi connectivity index (χ0) is 17.1. The van der Waals surface area contributed by atoms with Gasteiger partial charge in [0.15, 0.2) is 0 Å². The predicted molar refractivity (Wildman–Crippen MR) is 92.8 cm³/mol. The smallest absolute Gasteiger partial charge is 0.251 e. The number of hydrogen-bond acceptors (Lipinski definition) is 3. The highest BCUT2D eigenvalue weighted by Gasteiger charge is 2.15. The average Bonchev–Trinajstić information content (AvgIpc) is 2.98. The second-order valence-electron chi connectivity index (χ2n) is 5.64.